The fourth-order valence-corrected chi connectivity index (χ4v) is 1.68. The van der Waals surface area contributed by atoms with Gasteiger partial charge < -0.3 is 14.4 Å². The Kier molecular flexibility index (Phi) is 2.17. The summed E-state index contributed by atoms with van der Waals surface area (Å²) in [6.07, 6.45) is 1.98. The molecule has 15 heavy (non-hydrogen) atoms. The van der Waals surface area contributed by atoms with Gasteiger partial charge in [-0.05, 0) is 0 Å². The van der Waals surface area contributed by atoms with Gasteiger partial charge in [0.2, 0.25) is 0 Å². The average Bonchev–Trinajstić information content (AvgIpc) is 2.42. The summed E-state index contributed by atoms with van der Waals surface area (Å²) < 4.78 is 6.93. The second-order valence-corrected chi connectivity index (χ2v) is 5.34. The van der Waals surface area contributed by atoms with Crippen LogP contribution in [0.5, 0.6) is 0 Å². The number of nitrogens with zero attached hydrogens (tertiary/aromatic N) is 2. The fraction of sp³-hybridized carbons (Fsp3) is 0.727. The molecule has 4 heteroatoms. The minimum Gasteiger partial charge on any atom is -0.377 e. The highest BCUT2D eigenvalue weighted by Gasteiger charge is 2.42. The zero-order valence-electron chi connectivity index (χ0n) is 9.74. The number of ether oxygens (including phenoxy) is 1. The van der Waals surface area contributed by atoms with Crippen molar-refractivity contribution in [2.45, 2.75) is 31.8 Å². The van der Waals surface area contributed by atoms with E-state index in [9.17, 15) is 5.11 Å². The van der Waals surface area contributed by atoms with Gasteiger partial charge in [-0.25, -0.2) is 4.98 Å². The largest absolute Gasteiger partial charge is 0.377 e. The Hall–Kier alpha value is -0.870. The van der Waals surface area contributed by atoms with Crippen molar-refractivity contribution >= 4 is 0 Å². The van der Waals surface area contributed by atoms with E-state index < -0.39 is 5.60 Å². The van der Waals surface area contributed by atoms with Gasteiger partial charge in [0.1, 0.15) is 5.82 Å². The van der Waals surface area contributed by atoms with E-state index >= 15 is 0 Å². The van der Waals surface area contributed by atoms with E-state index in [0.29, 0.717) is 19.0 Å². The Labute approximate surface area is 89.9 Å². The van der Waals surface area contributed by atoms with Crippen LogP contribution in [0.1, 0.15) is 32.3 Å². The summed E-state index contributed by atoms with van der Waals surface area (Å²) in [5.74, 6) is 0.707. The fourth-order valence-electron chi connectivity index (χ4n) is 1.68. The summed E-state index contributed by atoms with van der Waals surface area (Å²) in [6, 6.07) is 0. The van der Waals surface area contributed by atoms with Crippen LogP contribution in [-0.2, 0) is 22.8 Å². The van der Waals surface area contributed by atoms with Gasteiger partial charge in [0.15, 0.2) is 5.60 Å². The van der Waals surface area contributed by atoms with Crippen LogP contribution in [0.4, 0.5) is 0 Å². The van der Waals surface area contributed by atoms with Gasteiger partial charge in [-0.1, -0.05) is 20.8 Å². The minimum atomic E-state index is -0.877. The normalized spacial score (nSPS) is 20.1. The summed E-state index contributed by atoms with van der Waals surface area (Å²) in [5, 5.41) is 10.1. The molecule has 0 saturated carbocycles. The molecule has 1 aliphatic heterocycles. The smallest absolute Gasteiger partial charge is 0.169 e. The zero-order valence-corrected chi connectivity index (χ0v) is 9.74. The first kappa shape index (κ1) is 10.6. The SMILES string of the molecule is Cn1cc(C(C)(C)C)nc1C1(O)COC1. The molecule has 0 spiro atoms. The highest BCUT2D eigenvalue weighted by Crippen LogP contribution is 2.30. The molecule has 0 aliphatic carbocycles. The van der Waals surface area contributed by atoms with Gasteiger partial charge in [-0.2, -0.15) is 0 Å². The lowest BCUT2D eigenvalue weighted by molar-refractivity contribution is -0.190. The van der Waals surface area contributed by atoms with Crippen LogP contribution in [-0.4, -0.2) is 27.9 Å². The average molecular weight is 210 g/mol. The maximum absolute atomic E-state index is 10.1. The summed E-state index contributed by atoms with van der Waals surface area (Å²) in [4.78, 5) is 4.51. The predicted molar refractivity (Wildman–Crippen MR) is 56.6 cm³/mol. The molecule has 0 amide bonds. The molecule has 1 fully saturated rings. The maximum atomic E-state index is 10.1. The van der Waals surface area contributed by atoms with Crippen LogP contribution in [0.3, 0.4) is 0 Å². The van der Waals surface area contributed by atoms with E-state index in [-0.39, 0.29) is 5.41 Å². The quantitative estimate of drug-likeness (QED) is 0.750. The molecule has 1 saturated heterocycles. The van der Waals surface area contributed by atoms with E-state index in [1.807, 2.05) is 17.8 Å². The van der Waals surface area contributed by atoms with Crippen LogP contribution < -0.4 is 0 Å². The third kappa shape index (κ3) is 1.68. The molecule has 1 aliphatic rings. The monoisotopic (exact) mass is 210 g/mol. The second-order valence-electron chi connectivity index (χ2n) is 5.34. The number of rotatable bonds is 1. The van der Waals surface area contributed by atoms with Crippen molar-refractivity contribution in [2.75, 3.05) is 13.2 Å². The van der Waals surface area contributed by atoms with Crippen LogP contribution >= 0.6 is 0 Å². The van der Waals surface area contributed by atoms with Crippen LogP contribution in [0.15, 0.2) is 6.20 Å². The van der Waals surface area contributed by atoms with Crippen molar-refractivity contribution in [2.24, 2.45) is 7.05 Å². The first-order chi connectivity index (χ1) is 6.83. The van der Waals surface area contributed by atoms with Crippen molar-refractivity contribution in [1.82, 2.24) is 9.55 Å². The van der Waals surface area contributed by atoms with Crippen molar-refractivity contribution in [1.29, 1.82) is 0 Å². The minimum absolute atomic E-state index is 0.0109. The summed E-state index contributed by atoms with van der Waals surface area (Å²) >= 11 is 0. The molecule has 2 heterocycles. The van der Waals surface area contributed by atoms with E-state index in [0.717, 1.165) is 5.69 Å². The first-order valence-corrected chi connectivity index (χ1v) is 5.17. The van der Waals surface area contributed by atoms with Gasteiger partial charge in [0.05, 0.1) is 18.9 Å². The van der Waals surface area contributed by atoms with E-state index in [4.69, 9.17) is 4.74 Å². The molecule has 2 rings (SSSR count). The topological polar surface area (TPSA) is 47.3 Å². The van der Waals surface area contributed by atoms with Crippen molar-refractivity contribution in [3.8, 4) is 0 Å². The number of hydrogen-bond acceptors (Lipinski definition) is 3. The number of imidazole rings is 1. The molecule has 0 atom stereocenters. The summed E-state index contributed by atoms with van der Waals surface area (Å²) in [6.45, 7) is 7.03. The van der Waals surface area contributed by atoms with Gasteiger partial charge in [-0.15, -0.1) is 0 Å². The van der Waals surface area contributed by atoms with Gasteiger partial charge in [0.25, 0.3) is 0 Å². The third-order valence-corrected chi connectivity index (χ3v) is 2.74. The molecule has 0 bridgehead atoms. The Balaban J connectivity index is 2.38. The molecular weight excluding hydrogens is 192 g/mol. The number of aryl methyl sites for hydroxylation is 1. The molecule has 84 valence electrons. The molecule has 0 unspecified atom stereocenters. The zero-order chi connectivity index (χ0) is 11.3. The molecule has 0 aromatic carbocycles. The van der Waals surface area contributed by atoms with Gasteiger partial charge in [-0.3, -0.25) is 0 Å². The van der Waals surface area contributed by atoms with Crippen LogP contribution in [0, 0.1) is 0 Å². The van der Waals surface area contributed by atoms with E-state index in [1.165, 1.54) is 0 Å². The van der Waals surface area contributed by atoms with Gasteiger partial charge in [0, 0.05) is 18.7 Å². The maximum Gasteiger partial charge on any atom is 0.169 e. The second kappa shape index (κ2) is 3.06. The predicted octanol–water partition coefficient (Wildman–Crippen LogP) is 0.935. The summed E-state index contributed by atoms with van der Waals surface area (Å²) in [5.41, 5.74) is 0.134. The van der Waals surface area contributed by atoms with Crippen LogP contribution in [0.2, 0.25) is 0 Å². The number of hydrogen-bond donors (Lipinski definition) is 1. The highest BCUT2D eigenvalue weighted by molar-refractivity contribution is 5.18. The van der Waals surface area contributed by atoms with E-state index in [1.54, 1.807) is 0 Å². The standard InChI is InChI=1S/C11H18N2O2/c1-10(2,3)8-5-13(4)9(12-8)11(14)6-15-7-11/h5,14H,6-7H2,1-4H3. The molecule has 1 aromatic rings. The first-order valence-electron chi connectivity index (χ1n) is 5.17. The van der Waals surface area contributed by atoms with Crippen molar-refractivity contribution in [3.05, 3.63) is 17.7 Å². The Bertz CT molecular complexity index is 372. The molecular formula is C11H18N2O2. The lowest BCUT2D eigenvalue weighted by Crippen LogP contribution is -2.48. The van der Waals surface area contributed by atoms with Gasteiger partial charge >= 0.3 is 0 Å². The lowest BCUT2D eigenvalue weighted by atomic mass is 9.93. The number of aliphatic hydroxyl groups is 1. The number of aromatic nitrogens is 2. The van der Waals surface area contributed by atoms with Crippen molar-refractivity contribution < 1.29 is 9.84 Å². The van der Waals surface area contributed by atoms with Crippen LogP contribution in [0.25, 0.3) is 0 Å². The Morgan fingerprint density at radius 1 is 1.47 bits per heavy atom. The molecule has 1 N–H and O–H groups in total. The third-order valence-electron chi connectivity index (χ3n) is 2.74. The lowest BCUT2D eigenvalue weighted by Gasteiger charge is -2.35. The highest BCUT2D eigenvalue weighted by atomic mass is 16.5. The summed E-state index contributed by atoms with van der Waals surface area (Å²) in [7, 11) is 1.91. The molecule has 1 aromatic heterocycles. The molecule has 4 nitrogen and oxygen atoms in total. The molecule has 0 radical (unpaired) electrons. The Morgan fingerprint density at radius 3 is 2.40 bits per heavy atom. The Morgan fingerprint density at radius 2 is 2.07 bits per heavy atom. The van der Waals surface area contributed by atoms with E-state index in [2.05, 4.69) is 25.8 Å². The van der Waals surface area contributed by atoms with Crippen molar-refractivity contribution in [3.63, 3.8) is 0 Å².